The number of rotatable bonds is 7. The quantitative estimate of drug-likeness (QED) is 0.666. The Hall–Kier alpha value is -3.48. The number of ether oxygens (including phenoxy) is 2. The van der Waals surface area contributed by atoms with Crippen LogP contribution >= 0.6 is 0 Å². The molecule has 0 atom stereocenters. The summed E-state index contributed by atoms with van der Waals surface area (Å²) in [6.45, 7) is 4.11. The largest absolute Gasteiger partial charge is 0.475 e. The van der Waals surface area contributed by atoms with E-state index in [1.54, 1.807) is 30.5 Å². The molecule has 0 radical (unpaired) electrons. The number of hydrogen-bond donors (Lipinski definition) is 1. The van der Waals surface area contributed by atoms with Crippen LogP contribution in [0.3, 0.4) is 0 Å². The highest BCUT2D eigenvalue weighted by atomic mass is 19.1. The lowest BCUT2D eigenvalue weighted by Crippen LogP contribution is -2.23. The molecule has 0 aliphatic rings. The minimum Gasteiger partial charge on any atom is -0.475 e. The Kier molecular flexibility index (Phi) is 6.16. The second kappa shape index (κ2) is 8.94. The van der Waals surface area contributed by atoms with Gasteiger partial charge in [0.15, 0.2) is 0 Å². The van der Waals surface area contributed by atoms with Gasteiger partial charge in [-0.25, -0.2) is 14.4 Å². The molecule has 0 spiro atoms. The molecule has 3 aromatic rings. The molecule has 0 bridgehead atoms. The van der Waals surface area contributed by atoms with Crippen LogP contribution in [0.1, 0.15) is 29.8 Å². The summed E-state index contributed by atoms with van der Waals surface area (Å²) in [5, 5.41) is 2.82. The van der Waals surface area contributed by atoms with Gasteiger partial charge in [0.2, 0.25) is 11.8 Å². The van der Waals surface area contributed by atoms with E-state index in [0.29, 0.717) is 29.6 Å². The van der Waals surface area contributed by atoms with Gasteiger partial charge in [-0.1, -0.05) is 0 Å². The van der Waals surface area contributed by atoms with E-state index < -0.39 is 0 Å². The van der Waals surface area contributed by atoms with Crippen molar-refractivity contribution in [2.45, 2.75) is 26.5 Å². The van der Waals surface area contributed by atoms with Gasteiger partial charge in [-0.3, -0.25) is 4.79 Å². The topological polar surface area (TPSA) is 73.3 Å². The molecule has 0 aliphatic carbocycles. The lowest BCUT2D eigenvalue weighted by atomic mass is 10.2. The highest BCUT2D eigenvalue weighted by Crippen LogP contribution is 2.20. The number of pyridine rings is 2. The maximum atomic E-state index is 13.0. The summed E-state index contributed by atoms with van der Waals surface area (Å²) in [6, 6.07) is 12.5. The van der Waals surface area contributed by atoms with Gasteiger partial charge in [-0.2, -0.15) is 0 Å². The van der Waals surface area contributed by atoms with Crippen molar-refractivity contribution in [3.8, 4) is 17.5 Å². The van der Waals surface area contributed by atoms with Gasteiger partial charge in [0.05, 0.1) is 11.7 Å². The molecule has 0 aliphatic heterocycles. The van der Waals surface area contributed by atoms with Crippen LogP contribution in [0.15, 0.2) is 60.9 Å². The van der Waals surface area contributed by atoms with Crippen LogP contribution in [0.5, 0.6) is 17.5 Å². The average molecular weight is 381 g/mol. The summed E-state index contributed by atoms with van der Waals surface area (Å²) in [5.74, 6) is 0.722. The Morgan fingerprint density at radius 2 is 1.86 bits per heavy atom. The summed E-state index contributed by atoms with van der Waals surface area (Å²) in [4.78, 5) is 20.5. The monoisotopic (exact) mass is 381 g/mol. The zero-order valence-electron chi connectivity index (χ0n) is 15.6. The van der Waals surface area contributed by atoms with Gasteiger partial charge in [0.25, 0.3) is 5.91 Å². The SMILES string of the molecule is CC(C)Oc1ccc(C(=O)NCc2ccnc(Oc3ccc(F)cc3)c2)cn1. The number of nitrogens with one attached hydrogen (secondary N) is 1. The minimum absolute atomic E-state index is 0.0187. The van der Waals surface area contributed by atoms with Crippen molar-refractivity contribution in [1.29, 1.82) is 0 Å². The summed E-state index contributed by atoms with van der Waals surface area (Å²) in [5.41, 5.74) is 1.25. The molecule has 3 rings (SSSR count). The third-order valence-corrected chi connectivity index (χ3v) is 3.64. The molecule has 0 unspecified atom stereocenters. The fourth-order valence-corrected chi connectivity index (χ4v) is 2.35. The highest BCUT2D eigenvalue weighted by molar-refractivity contribution is 5.93. The van der Waals surface area contributed by atoms with Crippen LogP contribution in [0.4, 0.5) is 4.39 Å². The van der Waals surface area contributed by atoms with Gasteiger partial charge in [0.1, 0.15) is 11.6 Å². The maximum Gasteiger partial charge on any atom is 0.253 e. The first-order valence-corrected chi connectivity index (χ1v) is 8.79. The Morgan fingerprint density at radius 1 is 1.07 bits per heavy atom. The van der Waals surface area contributed by atoms with Crippen molar-refractivity contribution in [3.63, 3.8) is 0 Å². The molecule has 1 aromatic carbocycles. The third-order valence-electron chi connectivity index (χ3n) is 3.64. The van der Waals surface area contributed by atoms with E-state index in [9.17, 15) is 9.18 Å². The fourth-order valence-electron chi connectivity index (χ4n) is 2.35. The van der Waals surface area contributed by atoms with E-state index in [4.69, 9.17) is 9.47 Å². The van der Waals surface area contributed by atoms with Crippen LogP contribution in [0, 0.1) is 5.82 Å². The van der Waals surface area contributed by atoms with E-state index in [1.165, 1.54) is 30.5 Å². The molecular weight excluding hydrogens is 361 g/mol. The molecular formula is C21H20FN3O3. The van der Waals surface area contributed by atoms with Crippen molar-refractivity contribution in [3.05, 3.63) is 77.9 Å². The predicted octanol–water partition coefficient (Wildman–Crippen LogP) is 4.13. The Bertz CT molecular complexity index is 928. The molecule has 0 fully saturated rings. The minimum atomic E-state index is -0.338. The second-order valence-electron chi connectivity index (χ2n) is 6.29. The van der Waals surface area contributed by atoms with E-state index in [0.717, 1.165) is 5.56 Å². The molecule has 6 nitrogen and oxygen atoms in total. The molecule has 0 saturated heterocycles. The van der Waals surface area contributed by atoms with Crippen molar-refractivity contribution in [2.75, 3.05) is 0 Å². The number of hydrogen-bond acceptors (Lipinski definition) is 5. The Balaban J connectivity index is 1.58. The normalized spacial score (nSPS) is 10.6. The van der Waals surface area contributed by atoms with Gasteiger partial charge >= 0.3 is 0 Å². The van der Waals surface area contributed by atoms with Gasteiger partial charge < -0.3 is 14.8 Å². The van der Waals surface area contributed by atoms with Crippen molar-refractivity contribution < 1.29 is 18.7 Å². The summed E-state index contributed by atoms with van der Waals surface area (Å²) >= 11 is 0. The fraction of sp³-hybridized carbons (Fsp3) is 0.190. The molecule has 28 heavy (non-hydrogen) atoms. The van der Waals surface area contributed by atoms with E-state index >= 15 is 0 Å². The maximum absolute atomic E-state index is 13.0. The lowest BCUT2D eigenvalue weighted by molar-refractivity contribution is 0.0950. The van der Waals surface area contributed by atoms with E-state index in [1.807, 2.05) is 13.8 Å². The number of carbonyl (C=O) groups is 1. The van der Waals surface area contributed by atoms with Crippen LogP contribution in [-0.2, 0) is 6.54 Å². The first kappa shape index (κ1) is 19.3. The number of carbonyl (C=O) groups excluding carboxylic acids is 1. The highest BCUT2D eigenvalue weighted by Gasteiger charge is 2.08. The van der Waals surface area contributed by atoms with Crippen LogP contribution in [-0.4, -0.2) is 22.0 Å². The Morgan fingerprint density at radius 3 is 2.54 bits per heavy atom. The van der Waals surface area contributed by atoms with Gasteiger partial charge in [-0.15, -0.1) is 0 Å². The standard InChI is InChI=1S/C21H20FN3O3/c1-14(2)27-19-8-3-16(13-24-19)21(26)25-12-15-9-10-23-20(11-15)28-18-6-4-17(22)5-7-18/h3-11,13-14H,12H2,1-2H3,(H,25,26). The third kappa shape index (κ3) is 5.51. The summed E-state index contributed by atoms with van der Waals surface area (Å²) < 4.78 is 24.0. The average Bonchev–Trinajstić information content (AvgIpc) is 2.68. The van der Waals surface area contributed by atoms with E-state index in [2.05, 4.69) is 15.3 Å². The van der Waals surface area contributed by atoms with Crippen LogP contribution in [0.25, 0.3) is 0 Å². The smallest absolute Gasteiger partial charge is 0.253 e. The number of halogens is 1. The predicted molar refractivity (Wildman–Crippen MR) is 102 cm³/mol. The van der Waals surface area contributed by atoms with Crippen molar-refractivity contribution >= 4 is 5.91 Å². The molecule has 0 saturated carbocycles. The zero-order chi connectivity index (χ0) is 19.9. The first-order valence-electron chi connectivity index (χ1n) is 8.79. The van der Waals surface area contributed by atoms with Gasteiger partial charge in [0, 0.05) is 31.1 Å². The second-order valence-corrected chi connectivity index (χ2v) is 6.29. The molecule has 2 heterocycles. The Labute approximate surface area is 162 Å². The summed E-state index contributed by atoms with van der Waals surface area (Å²) in [6.07, 6.45) is 3.08. The molecule has 144 valence electrons. The van der Waals surface area contributed by atoms with Gasteiger partial charge in [-0.05, 0) is 55.8 Å². The van der Waals surface area contributed by atoms with Crippen LogP contribution in [0.2, 0.25) is 0 Å². The van der Waals surface area contributed by atoms with Crippen molar-refractivity contribution in [2.24, 2.45) is 0 Å². The number of aromatic nitrogens is 2. The van der Waals surface area contributed by atoms with E-state index in [-0.39, 0.29) is 17.8 Å². The number of nitrogens with zero attached hydrogens (tertiary/aromatic N) is 2. The summed E-state index contributed by atoms with van der Waals surface area (Å²) in [7, 11) is 0. The number of amides is 1. The van der Waals surface area contributed by atoms with Crippen molar-refractivity contribution in [1.82, 2.24) is 15.3 Å². The van der Waals surface area contributed by atoms with Crippen LogP contribution < -0.4 is 14.8 Å². The number of benzene rings is 1. The molecule has 1 N–H and O–H groups in total. The first-order chi connectivity index (χ1) is 13.5. The molecule has 2 aromatic heterocycles. The lowest BCUT2D eigenvalue weighted by Gasteiger charge is -2.10. The molecule has 1 amide bonds. The molecule has 7 heteroatoms. The zero-order valence-corrected chi connectivity index (χ0v) is 15.6.